The minimum atomic E-state index is -5.70. The number of anilines is 1. The first-order valence-corrected chi connectivity index (χ1v) is 14.8. The zero-order valence-electron chi connectivity index (χ0n) is 21.7. The van der Waals surface area contributed by atoms with Crippen molar-refractivity contribution in [1.29, 1.82) is 0 Å². The van der Waals surface area contributed by atoms with E-state index in [0.29, 0.717) is 36.4 Å². The molecular formula is C17H8N2Na4O15S4. The molecule has 3 aromatic rings. The Labute approximate surface area is 326 Å². The Morgan fingerprint density at radius 2 is 1.10 bits per heavy atom. The number of nitrogens with one attached hydrogen (secondary N) is 1. The topological polar surface area (TPSA) is 301 Å². The number of carbonyl (C=O) groups is 1. The van der Waals surface area contributed by atoms with Gasteiger partial charge in [-0.2, -0.15) is 0 Å². The molecule has 0 fully saturated rings. The van der Waals surface area contributed by atoms with Crippen molar-refractivity contribution < 1.29 is 180 Å². The Bertz CT molecular complexity index is 2000. The number of benzene rings is 3. The first-order chi connectivity index (χ1) is 17.1. The third-order valence-corrected chi connectivity index (χ3v) is 8.12. The summed E-state index contributed by atoms with van der Waals surface area (Å²) in [5.74, 6) is -1.69. The Kier molecular flexibility index (Phi) is 16.8. The average molecular weight is 700 g/mol. The Balaban J connectivity index is 0. The fourth-order valence-corrected chi connectivity index (χ4v) is 5.77. The summed E-state index contributed by atoms with van der Waals surface area (Å²) in [6.45, 7) is 0. The van der Waals surface area contributed by atoms with Gasteiger partial charge in [-0.05, 0) is 35.7 Å². The number of nitro benzene ring substituents is 1. The Hall–Kier alpha value is 0.430. The van der Waals surface area contributed by atoms with E-state index < -0.39 is 98.6 Å². The maximum absolute atomic E-state index is 12.9. The molecule has 3 aromatic carbocycles. The molecule has 0 atom stereocenters. The number of hydrogen-bond donors (Lipinski definition) is 1. The van der Waals surface area contributed by atoms with Gasteiger partial charge in [-0.15, -0.1) is 0 Å². The van der Waals surface area contributed by atoms with Crippen LogP contribution in [0.3, 0.4) is 0 Å². The number of fused-ring (bicyclic) bond motifs is 1. The molecule has 0 unspecified atom stereocenters. The molecule has 0 bridgehead atoms. The van der Waals surface area contributed by atoms with E-state index in [0.717, 1.165) is 0 Å². The minimum absolute atomic E-state index is 0. The summed E-state index contributed by atoms with van der Waals surface area (Å²) in [6.07, 6.45) is 0. The normalized spacial score (nSPS) is 11.6. The summed E-state index contributed by atoms with van der Waals surface area (Å²) < 4.78 is 140. The van der Waals surface area contributed by atoms with Crippen molar-refractivity contribution in [2.45, 2.75) is 19.6 Å². The van der Waals surface area contributed by atoms with Gasteiger partial charge in [0.05, 0.1) is 35.8 Å². The predicted octanol–water partition coefficient (Wildman–Crippen LogP) is -12.4. The van der Waals surface area contributed by atoms with Crippen molar-refractivity contribution in [2.24, 2.45) is 0 Å². The van der Waals surface area contributed by atoms with Crippen LogP contribution in [0.2, 0.25) is 0 Å². The smallest absolute Gasteiger partial charge is 0.744 e. The molecule has 0 radical (unpaired) electrons. The largest absolute Gasteiger partial charge is 1.00 e. The molecule has 204 valence electrons. The number of amides is 1. The van der Waals surface area contributed by atoms with Crippen molar-refractivity contribution in [3.8, 4) is 0 Å². The molecule has 0 heterocycles. The number of rotatable bonds is 7. The average Bonchev–Trinajstić information content (AvgIpc) is 2.75. The van der Waals surface area contributed by atoms with Crippen LogP contribution in [0.1, 0.15) is 10.4 Å². The molecule has 42 heavy (non-hydrogen) atoms. The van der Waals surface area contributed by atoms with E-state index in [9.17, 15) is 66.8 Å². The van der Waals surface area contributed by atoms with Crippen LogP contribution in [-0.4, -0.2) is 62.7 Å². The van der Waals surface area contributed by atoms with Gasteiger partial charge in [0.1, 0.15) is 40.5 Å². The quantitative estimate of drug-likeness (QED) is 0.104. The van der Waals surface area contributed by atoms with E-state index in [1.807, 2.05) is 0 Å². The fraction of sp³-hybridized carbons (Fsp3) is 0. The van der Waals surface area contributed by atoms with Crippen LogP contribution in [0.15, 0.2) is 62.0 Å². The van der Waals surface area contributed by atoms with Crippen molar-refractivity contribution in [2.75, 3.05) is 5.32 Å². The first kappa shape index (κ1) is 44.6. The molecule has 0 saturated heterocycles. The molecular weight excluding hydrogens is 692 g/mol. The van der Waals surface area contributed by atoms with Gasteiger partial charge in [0.25, 0.3) is 11.6 Å². The first-order valence-electron chi connectivity index (χ1n) is 9.16. The molecule has 1 amide bonds. The third kappa shape index (κ3) is 10.5. The summed E-state index contributed by atoms with van der Waals surface area (Å²) in [5.41, 5.74) is -3.09. The van der Waals surface area contributed by atoms with Gasteiger partial charge >= 0.3 is 118 Å². The zero-order valence-corrected chi connectivity index (χ0v) is 33.0. The molecule has 3 rings (SSSR count). The van der Waals surface area contributed by atoms with E-state index in [1.165, 1.54) is 0 Å². The molecule has 1 N–H and O–H groups in total. The van der Waals surface area contributed by atoms with E-state index >= 15 is 0 Å². The number of carbonyl (C=O) groups excluding carboxylic acids is 1. The van der Waals surface area contributed by atoms with Gasteiger partial charge < -0.3 is 23.5 Å². The van der Waals surface area contributed by atoms with Crippen LogP contribution >= 0.6 is 0 Å². The summed E-state index contributed by atoms with van der Waals surface area (Å²) in [6, 6.07) is 2.48. The summed E-state index contributed by atoms with van der Waals surface area (Å²) in [5, 5.41) is 11.1. The summed E-state index contributed by atoms with van der Waals surface area (Å²) in [7, 11) is -22.1. The van der Waals surface area contributed by atoms with Crippen molar-refractivity contribution >= 4 is 68.5 Å². The van der Waals surface area contributed by atoms with E-state index in [1.54, 1.807) is 5.32 Å². The third-order valence-electron chi connectivity index (χ3n) is 4.74. The second kappa shape index (κ2) is 15.8. The van der Waals surface area contributed by atoms with Gasteiger partial charge in [0.2, 0.25) is 0 Å². The van der Waals surface area contributed by atoms with Crippen LogP contribution in [0.25, 0.3) is 10.8 Å². The van der Waals surface area contributed by atoms with E-state index in [-0.39, 0.29) is 124 Å². The van der Waals surface area contributed by atoms with Crippen LogP contribution in [-0.2, 0) is 40.5 Å². The standard InChI is InChI=1S/C17H12N2O15S4.4Na/c20-17(12-5-9(19(21)22)1-2-14(12)37(29,30)31)18-13-6-10(35(23,24)25)3-8-4-11(36(26,27)28)7-15(16(8)13)38(32,33)34;;;;/h1-7H,(H,18,20)(H,23,24,25)(H,26,27,28)(H,29,30,31)(H,32,33,34);;;;/q;4*+1/p-4. The Morgan fingerprint density at radius 3 is 1.50 bits per heavy atom. The second-order valence-electron chi connectivity index (χ2n) is 7.20. The molecule has 0 aliphatic rings. The summed E-state index contributed by atoms with van der Waals surface area (Å²) >= 11 is 0. The molecule has 0 aromatic heterocycles. The number of non-ortho nitro benzene ring substituents is 1. The Morgan fingerprint density at radius 1 is 0.643 bits per heavy atom. The van der Waals surface area contributed by atoms with E-state index in [4.69, 9.17) is 0 Å². The van der Waals surface area contributed by atoms with Crippen LogP contribution in [0.4, 0.5) is 11.4 Å². The van der Waals surface area contributed by atoms with Crippen molar-refractivity contribution in [1.82, 2.24) is 0 Å². The molecule has 25 heteroatoms. The number of nitrogens with zero attached hydrogens (tertiary/aromatic N) is 1. The van der Waals surface area contributed by atoms with Crippen molar-refractivity contribution in [3.63, 3.8) is 0 Å². The van der Waals surface area contributed by atoms with Gasteiger partial charge in [-0.3, -0.25) is 14.9 Å². The zero-order chi connectivity index (χ0) is 29.0. The van der Waals surface area contributed by atoms with Gasteiger partial charge in [0, 0.05) is 17.5 Å². The SMILES string of the molecule is O=C(Nc1cc(S(=O)(=O)[O-])cc2cc(S(=O)(=O)[O-])cc(S(=O)(=O)[O-])c12)c1cc([N+](=O)[O-])ccc1S(=O)(=O)[O-].[Na+].[Na+].[Na+].[Na+]. The maximum Gasteiger partial charge on any atom is 1.00 e. The van der Waals surface area contributed by atoms with Gasteiger partial charge in [0.15, 0.2) is 0 Å². The molecule has 0 aliphatic carbocycles. The van der Waals surface area contributed by atoms with Crippen LogP contribution in [0, 0.1) is 10.1 Å². The number of hydrogen-bond acceptors (Lipinski definition) is 15. The molecule has 0 aliphatic heterocycles. The summed E-state index contributed by atoms with van der Waals surface area (Å²) in [4.78, 5) is 17.5. The van der Waals surface area contributed by atoms with E-state index in [2.05, 4.69) is 0 Å². The van der Waals surface area contributed by atoms with Crippen molar-refractivity contribution in [3.05, 3.63) is 58.1 Å². The van der Waals surface area contributed by atoms with Gasteiger partial charge in [-0.25, -0.2) is 33.7 Å². The molecule has 0 saturated carbocycles. The fourth-order valence-electron chi connectivity index (χ4n) is 3.22. The second-order valence-corrected chi connectivity index (χ2v) is 12.7. The monoisotopic (exact) mass is 700 g/mol. The number of nitro groups is 1. The minimum Gasteiger partial charge on any atom is -0.744 e. The van der Waals surface area contributed by atoms with Gasteiger partial charge in [-0.1, -0.05) is 0 Å². The van der Waals surface area contributed by atoms with Crippen LogP contribution in [0.5, 0.6) is 0 Å². The molecule has 17 nitrogen and oxygen atoms in total. The molecule has 0 spiro atoms. The van der Waals surface area contributed by atoms with Crippen LogP contribution < -0.4 is 124 Å². The predicted molar refractivity (Wildman–Crippen MR) is 117 cm³/mol. The maximum atomic E-state index is 12.9.